The molecule has 1 amide bonds. The maximum Gasteiger partial charge on any atom is 0.416 e. The summed E-state index contributed by atoms with van der Waals surface area (Å²) < 4.78 is 41.8. The summed E-state index contributed by atoms with van der Waals surface area (Å²) >= 11 is 0. The lowest BCUT2D eigenvalue weighted by atomic mass is 9.91. The Morgan fingerprint density at radius 2 is 1.77 bits per heavy atom. The molecule has 0 N–H and O–H groups in total. The van der Waals surface area contributed by atoms with Crippen molar-refractivity contribution in [3.8, 4) is 0 Å². The van der Waals surface area contributed by atoms with Crippen molar-refractivity contribution >= 4 is 11.6 Å². The maximum absolute atomic E-state index is 13.4. The minimum absolute atomic E-state index is 0.113. The van der Waals surface area contributed by atoms with Crippen LogP contribution in [-0.4, -0.2) is 39.3 Å². The van der Waals surface area contributed by atoms with E-state index < -0.39 is 11.7 Å². The molecule has 1 saturated carbocycles. The van der Waals surface area contributed by atoms with Gasteiger partial charge in [-0.1, -0.05) is 18.2 Å². The van der Waals surface area contributed by atoms with Gasteiger partial charge in [-0.15, -0.1) is 0 Å². The molecule has 2 fully saturated rings. The van der Waals surface area contributed by atoms with Crippen molar-refractivity contribution in [3.63, 3.8) is 0 Å². The number of benzene rings is 1. The summed E-state index contributed by atoms with van der Waals surface area (Å²) in [6.45, 7) is 6.67. The Balaban J connectivity index is 1.46. The fraction of sp³-hybridized carbons (Fsp3) is 0.500. The van der Waals surface area contributed by atoms with Gasteiger partial charge in [0.05, 0.1) is 11.8 Å². The van der Waals surface area contributed by atoms with E-state index in [1.54, 1.807) is 34.8 Å². The topological polar surface area (TPSA) is 50.5 Å². The molecular formula is C22H25F3N4O. The summed E-state index contributed by atoms with van der Waals surface area (Å²) in [4.78, 5) is 19.0. The lowest BCUT2D eigenvalue weighted by Crippen LogP contribution is -2.30. The molecule has 2 heterocycles. The van der Waals surface area contributed by atoms with Crippen LogP contribution >= 0.6 is 0 Å². The highest BCUT2D eigenvalue weighted by atomic mass is 19.4. The first-order valence-corrected chi connectivity index (χ1v) is 10.2. The van der Waals surface area contributed by atoms with Gasteiger partial charge in [0, 0.05) is 18.8 Å². The molecule has 1 aromatic carbocycles. The highest BCUT2D eigenvalue weighted by molar-refractivity contribution is 5.92. The van der Waals surface area contributed by atoms with Crippen LogP contribution in [0, 0.1) is 18.8 Å². The number of fused-ring (bicyclic) bond motifs is 1. The van der Waals surface area contributed by atoms with Crippen LogP contribution < -0.4 is 0 Å². The summed E-state index contributed by atoms with van der Waals surface area (Å²) in [7, 11) is 0. The Bertz CT molecular complexity index is 977. The standard InChI is InChI=1S/C22H25F3N4O/c1-13(2)27-29-12-20(26-14(29)3)21(30)28-10-16-8-15(9-17(16)11-28)18-6-4-5-7-19(18)22(23,24)25/h4-7,12,15-17H,8-11H2,1-3H3/t15?,16-,17+. The molecule has 1 unspecified atom stereocenters. The van der Waals surface area contributed by atoms with Crippen molar-refractivity contribution in [2.45, 2.75) is 45.7 Å². The third-order valence-corrected chi connectivity index (χ3v) is 6.13. The highest BCUT2D eigenvalue weighted by Crippen LogP contribution is 2.48. The summed E-state index contributed by atoms with van der Waals surface area (Å²) in [5, 5.41) is 4.33. The first kappa shape index (κ1) is 20.6. The molecule has 2 aromatic rings. The van der Waals surface area contributed by atoms with Crippen LogP contribution in [0.25, 0.3) is 0 Å². The first-order valence-electron chi connectivity index (χ1n) is 10.2. The molecule has 1 saturated heterocycles. The predicted octanol–water partition coefficient (Wildman–Crippen LogP) is 4.72. The number of alkyl halides is 3. The van der Waals surface area contributed by atoms with Crippen molar-refractivity contribution in [2.75, 3.05) is 13.1 Å². The van der Waals surface area contributed by atoms with Crippen LogP contribution in [-0.2, 0) is 6.18 Å². The van der Waals surface area contributed by atoms with Crippen molar-refractivity contribution in [1.29, 1.82) is 0 Å². The van der Waals surface area contributed by atoms with Gasteiger partial charge in [0.2, 0.25) is 0 Å². The van der Waals surface area contributed by atoms with Gasteiger partial charge < -0.3 is 4.90 Å². The van der Waals surface area contributed by atoms with Gasteiger partial charge in [-0.05, 0) is 63.0 Å². The summed E-state index contributed by atoms with van der Waals surface area (Å²) in [5.41, 5.74) is 1.07. The average molecular weight is 418 g/mol. The Labute approximate surface area is 173 Å². The largest absolute Gasteiger partial charge is 0.416 e. The number of aromatic nitrogens is 2. The third-order valence-electron chi connectivity index (χ3n) is 6.13. The van der Waals surface area contributed by atoms with Gasteiger partial charge in [-0.25, -0.2) is 9.66 Å². The average Bonchev–Trinajstić information content (AvgIpc) is 3.33. The van der Waals surface area contributed by atoms with Gasteiger partial charge in [-0.3, -0.25) is 4.79 Å². The molecule has 8 heteroatoms. The van der Waals surface area contributed by atoms with Crippen molar-refractivity contribution < 1.29 is 18.0 Å². The quantitative estimate of drug-likeness (QED) is 0.678. The fourth-order valence-electron chi connectivity index (χ4n) is 4.88. The Morgan fingerprint density at radius 1 is 1.13 bits per heavy atom. The lowest BCUT2D eigenvalue weighted by molar-refractivity contribution is -0.138. The number of nitrogens with zero attached hydrogens (tertiary/aromatic N) is 4. The number of halogens is 3. The van der Waals surface area contributed by atoms with E-state index in [9.17, 15) is 18.0 Å². The van der Waals surface area contributed by atoms with Crippen LogP contribution in [0.3, 0.4) is 0 Å². The molecule has 4 rings (SSSR count). The molecule has 1 aromatic heterocycles. The number of amides is 1. The Morgan fingerprint density at radius 3 is 2.37 bits per heavy atom. The van der Waals surface area contributed by atoms with E-state index in [2.05, 4.69) is 10.1 Å². The van der Waals surface area contributed by atoms with Gasteiger partial charge in [0.1, 0.15) is 11.5 Å². The number of likely N-dealkylation sites (tertiary alicyclic amines) is 1. The van der Waals surface area contributed by atoms with E-state index in [4.69, 9.17) is 0 Å². The third kappa shape index (κ3) is 3.87. The number of aryl methyl sites for hydroxylation is 1. The molecule has 0 radical (unpaired) electrons. The van der Waals surface area contributed by atoms with Crippen LogP contribution in [0.5, 0.6) is 0 Å². The number of carbonyl (C=O) groups is 1. The summed E-state index contributed by atoms with van der Waals surface area (Å²) in [6, 6.07) is 5.88. The molecule has 5 nitrogen and oxygen atoms in total. The van der Waals surface area contributed by atoms with E-state index in [-0.39, 0.29) is 23.7 Å². The number of hydrogen-bond donors (Lipinski definition) is 0. The molecule has 160 valence electrons. The van der Waals surface area contributed by atoms with Crippen LogP contribution in [0.1, 0.15) is 60.0 Å². The molecule has 2 aliphatic rings. The monoisotopic (exact) mass is 418 g/mol. The predicted molar refractivity (Wildman–Crippen MR) is 107 cm³/mol. The zero-order valence-electron chi connectivity index (χ0n) is 17.3. The molecule has 1 aliphatic heterocycles. The highest BCUT2D eigenvalue weighted by Gasteiger charge is 2.45. The summed E-state index contributed by atoms with van der Waals surface area (Å²) in [5.74, 6) is 0.835. The van der Waals surface area contributed by atoms with Crippen molar-refractivity contribution in [2.24, 2.45) is 16.9 Å². The molecule has 0 bridgehead atoms. The molecule has 30 heavy (non-hydrogen) atoms. The molecular weight excluding hydrogens is 393 g/mol. The molecule has 1 aliphatic carbocycles. The van der Waals surface area contributed by atoms with E-state index in [0.717, 1.165) is 5.71 Å². The lowest BCUT2D eigenvalue weighted by Gasteiger charge is -2.21. The molecule has 0 spiro atoms. The smallest absolute Gasteiger partial charge is 0.337 e. The fourth-order valence-corrected chi connectivity index (χ4v) is 4.88. The van der Waals surface area contributed by atoms with Gasteiger partial charge in [0.15, 0.2) is 0 Å². The normalized spacial score (nSPS) is 23.5. The minimum Gasteiger partial charge on any atom is -0.337 e. The second kappa shape index (κ2) is 7.56. The number of carbonyl (C=O) groups excluding carboxylic acids is 1. The van der Waals surface area contributed by atoms with E-state index in [1.807, 2.05) is 13.8 Å². The van der Waals surface area contributed by atoms with Crippen LogP contribution in [0.4, 0.5) is 13.2 Å². The van der Waals surface area contributed by atoms with Crippen molar-refractivity contribution in [1.82, 2.24) is 14.6 Å². The SMILES string of the molecule is CC(C)=Nn1cc(C(=O)N2C[C@H]3CC(c4ccccc4C(F)(F)F)C[C@H]3C2)nc1C. The summed E-state index contributed by atoms with van der Waals surface area (Å²) in [6.07, 6.45) is -1.35. The maximum atomic E-state index is 13.4. The van der Waals surface area contributed by atoms with Gasteiger partial charge in [0.25, 0.3) is 5.91 Å². The van der Waals surface area contributed by atoms with Crippen molar-refractivity contribution in [3.05, 3.63) is 53.1 Å². The number of rotatable bonds is 3. The van der Waals surface area contributed by atoms with Gasteiger partial charge >= 0.3 is 6.18 Å². The zero-order valence-corrected chi connectivity index (χ0v) is 17.3. The van der Waals surface area contributed by atoms with E-state index in [1.165, 1.54) is 12.1 Å². The van der Waals surface area contributed by atoms with E-state index in [0.29, 0.717) is 43.0 Å². The van der Waals surface area contributed by atoms with Crippen LogP contribution in [0.2, 0.25) is 0 Å². The first-order chi connectivity index (χ1) is 14.1. The Hall–Kier alpha value is -2.64. The van der Waals surface area contributed by atoms with E-state index >= 15 is 0 Å². The number of hydrogen-bond acceptors (Lipinski definition) is 3. The second-order valence-corrected chi connectivity index (χ2v) is 8.55. The number of imidazole rings is 1. The van der Waals surface area contributed by atoms with Crippen LogP contribution in [0.15, 0.2) is 35.6 Å². The zero-order chi connectivity index (χ0) is 21.6. The minimum atomic E-state index is -4.34. The van der Waals surface area contributed by atoms with Gasteiger partial charge in [-0.2, -0.15) is 18.3 Å². The molecule has 3 atom stereocenters. The Kier molecular flexibility index (Phi) is 5.20. The second-order valence-electron chi connectivity index (χ2n) is 8.55.